The van der Waals surface area contributed by atoms with Gasteiger partial charge in [0.15, 0.2) is 5.78 Å². The van der Waals surface area contributed by atoms with Crippen molar-refractivity contribution >= 4 is 34.4 Å². The van der Waals surface area contributed by atoms with Crippen LogP contribution in [0.3, 0.4) is 0 Å². The Balaban J connectivity index is 1.75. The van der Waals surface area contributed by atoms with Crippen molar-refractivity contribution in [2.24, 2.45) is 11.8 Å². The molecule has 3 amide bonds. The number of nitrogens with one attached hydrogen (secondary N) is 4. The summed E-state index contributed by atoms with van der Waals surface area (Å²) in [5.41, 5.74) is 0.990. The number of hydrogen-bond acceptors (Lipinski definition) is 6. The maximum absolute atomic E-state index is 13.1. The third kappa shape index (κ3) is 5.93. The molecular weight excluding hydrogens is 440 g/mol. The minimum atomic E-state index is -1.02. The number of rotatable bonds is 11. The SMILES string of the molecule is COc1cccc2[nH]c(C(=O)N[C@@H](CC(C)C)C(=O)NC(CC3CCNC3=O)C(=O)CO)cc12. The monoisotopic (exact) mass is 472 g/mol. The van der Waals surface area contributed by atoms with E-state index >= 15 is 0 Å². The van der Waals surface area contributed by atoms with Gasteiger partial charge in [0.05, 0.1) is 13.2 Å². The van der Waals surface area contributed by atoms with E-state index in [0.29, 0.717) is 25.1 Å². The minimum absolute atomic E-state index is 0.0754. The van der Waals surface area contributed by atoms with Crippen LogP contribution in [0.1, 0.15) is 43.6 Å². The second-order valence-electron chi connectivity index (χ2n) is 8.96. The maximum Gasteiger partial charge on any atom is 0.268 e. The molecule has 10 nitrogen and oxygen atoms in total. The highest BCUT2D eigenvalue weighted by Crippen LogP contribution is 2.26. The first-order valence-corrected chi connectivity index (χ1v) is 11.4. The van der Waals surface area contributed by atoms with E-state index < -0.39 is 42.2 Å². The van der Waals surface area contributed by atoms with Crippen LogP contribution in [0.15, 0.2) is 24.3 Å². The van der Waals surface area contributed by atoms with Gasteiger partial charge in [-0.2, -0.15) is 0 Å². The molecule has 0 saturated carbocycles. The van der Waals surface area contributed by atoms with E-state index in [2.05, 4.69) is 20.9 Å². The van der Waals surface area contributed by atoms with Crippen molar-refractivity contribution in [2.45, 2.75) is 45.2 Å². The summed E-state index contributed by atoms with van der Waals surface area (Å²) in [7, 11) is 1.55. The number of hydrogen-bond donors (Lipinski definition) is 5. The molecule has 184 valence electrons. The first-order chi connectivity index (χ1) is 16.2. The molecule has 0 bridgehead atoms. The number of ether oxygens (including phenoxy) is 1. The molecule has 0 spiro atoms. The number of aromatic nitrogens is 1. The lowest BCUT2D eigenvalue weighted by Crippen LogP contribution is -2.53. The smallest absolute Gasteiger partial charge is 0.268 e. The molecule has 2 aromatic rings. The van der Waals surface area contributed by atoms with Gasteiger partial charge in [-0.3, -0.25) is 19.2 Å². The third-order valence-electron chi connectivity index (χ3n) is 5.96. The molecule has 1 aliphatic rings. The molecule has 34 heavy (non-hydrogen) atoms. The van der Waals surface area contributed by atoms with E-state index in [1.165, 1.54) is 0 Å². The van der Waals surface area contributed by atoms with Gasteiger partial charge in [-0.15, -0.1) is 0 Å². The fraction of sp³-hybridized carbons (Fsp3) is 0.500. The van der Waals surface area contributed by atoms with Gasteiger partial charge in [-0.05, 0) is 43.4 Å². The molecule has 5 N–H and O–H groups in total. The lowest BCUT2D eigenvalue weighted by molar-refractivity contribution is -0.131. The summed E-state index contributed by atoms with van der Waals surface area (Å²) in [6.07, 6.45) is 0.992. The number of H-pyrrole nitrogens is 1. The Morgan fingerprint density at radius 2 is 1.97 bits per heavy atom. The number of Topliss-reactive ketones (excluding diaryl/α,β-unsaturated/α-hetero) is 1. The second kappa shape index (κ2) is 11.1. The van der Waals surface area contributed by atoms with Crippen LogP contribution < -0.4 is 20.7 Å². The predicted octanol–water partition coefficient (Wildman–Crippen LogP) is 0.893. The Morgan fingerprint density at radius 1 is 1.21 bits per heavy atom. The topological polar surface area (TPSA) is 150 Å². The maximum atomic E-state index is 13.1. The number of aliphatic hydroxyl groups excluding tert-OH is 1. The zero-order valence-corrected chi connectivity index (χ0v) is 19.6. The van der Waals surface area contributed by atoms with Crippen molar-refractivity contribution in [1.82, 2.24) is 20.9 Å². The van der Waals surface area contributed by atoms with Crippen molar-refractivity contribution in [3.05, 3.63) is 30.0 Å². The van der Waals surface area contributed by atoms with Gasteiger partial charge in [0.2, 0.25) is 11.8 Å². The number of amides is 3. The van der Waals surface area contributed by atoms with E-state index in [1.54, 1.807) is 25.3 Å². The molecule has 0 radical (unpaired) electrons. The molecule has 1 fully saturated rings. The summed E-state index contributed by atoms with van der Waals surface area (Å²) < 4.78 is 5.33. The van der Waals surface area contributed by atoms with Gasteiger partial charge in [0.1, 0.15) is 24.1 Å². The van der Waals surface area contributed by atoms with Crippen LogP contribution in [0.25, 0.3) is 10.9 Å². The number of carbonyl (C=O) groups excluding carboxylic acids is 4. The Kier molecular flexibility index (Phi) is 8.27. The van der Waals surface area contributed by atoms with Crippen molar-refractivity contribution in [3.63, 3.8) is 0 Å². The van der Waals surface area contributed by atoms with Gasteiger partial charge in [-0.1, -0.05) is 19.9 Å². The van der Waals surface area contributed by atoms with E-state index in [4.69, 9.17) is 4.74 Å². The van der Waals surface area contributed by atoms with E-state index in [9.17, 15) is 24.3 Å². The fourth-order valence-electron chi connectivity index (χ4n) is 4.17. The summed E-state index contributed by atoms with van der Waals surface area (Å²) in [6.45, 7) is 3.59. The number of ketones is 1. The molecule has 1 aromatic heterocycles. The zero-order valence-electron chi connectivity index (χ0n) is 19.6. The van der Waals surface area contributed by atoms with Crippen molar-refractivity contribution in [3.8, 4) is 5.75 Å². The van der Waals surface area contributed by atoms with E-state index in [0.717, 1.165) is 10.9 Å². The zero-order chi connectivity index (χ0) is 24.8. The van der Waals surface area contributed by atoms with Crippen molar-refractivity contribution in [2.75, 3.05) is 20.3 Å². The Bertz CT molecular complexity index is 1060. The van der Waals surface area contributed by atoms with Crippen LogP contribution in [-0.4, -0.2) is 65.9 Å². The Morgan fingerprint density at radius 3 is 2.59 bits per heavy atom. The first kappa shape index (κ1) is 25.2. The summed E-state index contributed by atoms with van der Waals surface area (Å²) in [4.78, 5) is 53.4. The molecule has 10 heteroatoms. The number of carbonyl (C=O) groups is 4. The van der Waals surface area contributed by atoms with Gasteiger partial charge in [0.25, 0.3) is 5.91 Å². The van der Waals surface area contributed by atoms with Crippen LogP contribution in [0.4, 0.5) is 0 Å². The molecule has 2 unspecified atom stereocenters. The molecule has 0 aliphatic carbocycles. The van der Waals surface area contributed by atoms with Crippen LogP contribution in [0.5, 0.6) is 5.75 Å². The Labute approximate surface area is 197 Å². The van der Waals surface area contributed by atoms with E-state index in [1.807, 2.05) is 19.9 Å². The highest BCUT2D eigenvalue weighted by molar-refractivity contribution is 6.02. The minimum Gasteiger partial charge on any atom is -0.496 e. The summed E-state index contributed by atoms with van der Waals surface area (Å²) >= 11 is 0. The largest absolute Gasteiger partial charge is 0.496 e. The molecular formula is C24H32N4O6. The van der Waals surface area contributed by atoms with Gasteiger partial charge in [0, 0.05) is 23.4 Å². The van der Waals surface area contributed by atoms with Crippen LogP contribution in [0, 0.1) is 11.8 Å². The van der Waals surface area contributed by atoms with E-state index in [-0.39, 0.29) is 23.9 Å². The van der Waals surface area contributed by atoms with Crippen LogP contribution in [-0.2, 0) is 14.4 Å². The molecule has 1 aliphatic heterocycles. The van der Waals surface area contributed by atoms with Gasteiger partial charge < -0.3 is 30.8 Å². The molecule has 2 heterocycles. The quantitative estimate of drug-likeness (QED) is 0.328. The summed E-state index contributed by atoms with van der Waals surface area (Å²) in [6, 6.07) is 5.14. The van der Waals surface area contributed by atoms with Crippen LogP contribution in [0.2, 0.25) is 0 Å². The molecule has 1 aromatic carbocycles. The van der Waals surface area contributed by atoms with Crippen molar-refractivity contribution < 1.29 is 29.0 Å². The standard InChI is InChI=1S/C24H32N4O6/c1-13(2)9-18(23(32)27-17(20(30)12-29)10-14-7-8-25-22(14)31)28-24(33)19-11-15-16(26-19)5-4-6-21(15)34-3/h4-6,11,13-14,17-18,26,29H,7-10,12H2,1-3H3,(H,25,31)(H,27,32)(H,28,33)/t14?,17?,18-/m0/s1. The summed E-state index contributed by atoms with van der Waals surface area (Å²) in [5, 5.41) is 18.2. The molecule has 3 rings (SSSR count). The van der Waals surface area contributed by atoms with Gasteiger partial charge in [-0.25, -0.2) is 0 Å². The third-order valence-corrected chi connectivity index (χ3v) is 5.96. The normalized spacial score (nSPS) is 17.3. The summed E-state index contributed by atoms with van der Waals surface area (Å²) in [5.74, 6) is -1.49. The lowest BCUT2D eigenvalue weighted by Gasteiger charge is -2.24. The second-order valence-corrected chi connectivity index (χ2v) is 8.96. The molecule has 3 atom stereocenters. The fourth-order valence-corrected chi connectivity index (χ4v) is 4.17. The van der Waals surface area contributed by atoms with Crippen LogP contribution >= 0.6 is 0 Å². The highest BCUT2D eigenvalue weighted by Gasteiger charge is 2.33. The average Bonchev–Trinajstić information content (AvgIpc) is 3.43. The molecule has 1 saturated heterocycles. The lowest BCUT2D eigenvalue weighted by atomic mass is 9.95. The highest BCUT2D eigenvalue weighted by atomic mass is 16.5. The first-order valence-electron chi connectivity index (χ1n) is 11.4. The number of aromatic amines is 1. The number of fused-ring (bicyclic) bond motifs is 1. The average molecular weight is 473 g/mol. The number of benzene rings is 1. The number of aliphatic hydroxyl groups is 1. The Hall–Kier alpha value is -3.40. The van der Waals surface area contributed by atoms with Gasteiger partial charge >= 0.3 is 0 Å². The predicted molar refractivity (Wildman–Crippen MR) is 125 cm³/mol. The number of methoxy groups -OCH3 is 1. The van der Waals surface area contributed by atoms with Crippen molar-refractivity contribution in [1.29, 1.82) is 0 Å².